The Morgan fingerprint density at radius 3 is 2.54 bits per heavy atom. The van der Waals surface area contributed by atoms with Crippen LogP contribution in [0.4, 0.5) is 0 Å². The van der Waals surface area contributed by atoms with Crippen molar-refractivity contribution in [3.63, 3.8) is 0 Å². The number of carbonyl (C=O) groups is 2. The van der Waals surface area contributed by atoms with Crippen LogP contribution in [0.25, 0.3) is 0 Å². The number of ether oxygens (including phenoxy) is 1. The number of hydrogen-bond donors (Lipinski definition) is 1. The summed E-state index contributed by atoms with van der Waals surface area (Å²) in [5.74, 6) is -0.202. The first kappa shape index (κ1) is 18.7. The monoisotopic (exact) mass is 360 g/mol. The number of aliphatic carboxylic acids is 1. The minimum Gasteiger partial charge on any atom is -0.492 e. The lowest BCUT2D eigenvalue weighted by molar-refractivity contribution is -0.143. The number of amides is 1. The topological polar surface area (TPSA) is 70.1 Å². The lowest BCUT2D eigenvalue weighted by Gasteiger charge is -2.25. The van der Waals surface area contributed by atoms with Crippen LogP contribution < -0.4 is 4.74 Å². The summed E-state index contributed by atoms with van der Waals surface area (Å²) < 4.78 is 5.78. The smallest absolute Gasteiger partial charge is 0.308 e. The van der Waals surface area contributed by atoms with E-state index in [1.807, 2.05) is 26.0 Å². The van der Waals surface area contributed by atoms with Gasteiger partial charge >= 0.3 is 5.97 Å². The quantitative estimate of drug-likeness (QED) is 0.806. The number of carboxylic acids is 1. The third kappa shape index (κ3) is 4.01. The van der Waals surface area contributed by atoms with E-state index >= 15 is 0 Å². The summed E-state index contributed by atoms with van der Waals surface area (Å²) in [5.41, 5.74) is 2.31. The number of nitrogens with zero attached hydrogens (tertiary/aromatic N) is 2. The largest absolute Gasteiger partial charge is 0.492 e. The molecular formula is C20H28N2O4. The Balaban J connectivity index is 1.47. The number of hydrogen-bond acceptors (Lipinski definition) is 4. The van der Waals surface area contributed by atoms with Gasteiger partial charge in [0.2, 0.25) is 5.91 Å². The summed E-state index contributed by atoms with van der Waals surface area (Å²) in [6.07, 6.45) is 2.56. The van der Waals surface area contributed by atoms with E-state index in [2.05, 4.69) is 11.0 Å². The standard InChI is InChI=1S/C20H28N2O4/c1-13-8-14(2)10-16(9-13)26-7-6-21(3)19(23)12-22-15-4-5-18(22)17(11-15)20(24)25/h8-10,15,17-18H,4-7,11-12H2,1-3H3,(H,24,25). The Hall–Kier alpha value is -2.08. The van der Waals surface area contributed by atoms with Crippen molar-refractivity contribution >= 4 is 11.9 Å². The minimum absolute atomic E-state index is 0.0152. The summed E-state index contributed by atoms with van der Waals surface area (Å²) in [7, 11) is 1.78. The van der Waals surface area contributed by atoms with Crippen LogP contribution in [-0.2, 0) is 9.59 Å². The molecule has 0 saturated carbocycles. The second-order valence-electron chi connectivity index (χ2n) is 7.64. The molecule has 0 aliphatic carbocycles. The van der Waals surface area contributed by atoms with Crippen molar-refractivity contribution in [3.8, 4) is 5.75 Å². The van der Waals surface area contributed by atoms with Crippen molar-refractivity contribution in [2.45, 2.75) is 45.2 Å². The maximum absolute atomic E-state index is 12.5. The molecule has 2 aliphatic rings. The van der Waals surface area contributed by atoms with Crippen LogP contribution in [0.3, 0.4) is 0 Å². The maximum atomic E-state index is 12.5. The van der Waals surface area contributed by atoms with Gasteiger partial charge in [0.25, 0.3) is 0 Å². The van der Waals surface area contributed by atoms with E-state index in [1.54, 1.807) is 11.9 Å². The highest BCUT2D eigenvalue weighted by Crippen LogP contribution is 2.41. The molecule has 2 bridgehead atoms. The number of carboxylic acid groups (broad SMARTS) is 1. The molecule has 0 aromatic heterocycles. The van der Waals surface area contributed by atoms with Gasteiger partial charge < -0.3 is 14.7 Å². The van der Waals surface area contributed by atoms with Gasteiger partial charge in [-0.15, -0.1) is 0 Å². The Labute approximate surface area is 154 Å². The Bertz CT molecular complexity index is 670. The molecule has 6 nitrogen and oxygen atoms in total. The number of likely N-dealkylation sites (N-methyl/N-ethyl adjacent to an activating group) is 1. The number of carbonyl (C=O) groups excluding carboxylic acids is 1. The highest BCUT2D eigenvalue weighted by Gasteiger charge is 2.49. The van der Waals surface area contributed by atoms with Crippen molar-refractivity contribution in [2.24, 2.45) is 5.92 Å². The van der Waals surface area contributed by atoms with Crippen LogP contribution in [0.2, 0.25) is 0 Å². The van der Waals surface area contributed by atoms with E-state index in [-0.39, 0.29) is 23.9 Å². The Morgan fingerprint density at radius 1 is 1.23 bits per heavy atom. The minimum atomic E-state index is -0.732. The molecule has 1 amide bonds. The fourth-order valence-electron chi connectivity index (χ4n) is 4.33. The first-order valence-corrected chi connectivity index (χ1v) is 9.28. The highest BCUT2D eigenvalue weighted by atomic mass is 16.5. The average Bonchev–Trinajstić information content (AvgIpc) is 3.10. The zero-order valence-electron chi connectivity index (χ0n) is 15.8. The lowest BCUT2D eigenvalue weighted by Crippen LogP contribution is -2.43. The van der Waals surface area contributed by atoms with E-state index in [1.165, 1.54) is 0 Å². The molecule has 1 N–H and O–H groups in total. The van der Waals surface area contributed by atoms with E-state index in [0.29, 0.717) is 26.1 Å². The normalized spacial score (nSPS) is 24.7. The molecule has 2 heterocycles. The van der Waals surface area contributed by atoms with Crippen molar-refractivity contribution in [1.29, 1.82) is 0 Å². The number of rotatable bonds is 7. The van der Waals surface area contributed by atoms with E-state index < -0.39 is 5.97 Å². The van der Waals surface area contributed by atoms with Crippen LogP contribution in [0.5, 0.6) is 5.75 Å². The van der Waals surface area contributed by atoms with Crippen molar-refractivity contribution in [1.82, 2.24) is 9.80 Å². The maximum Gasteiger partial charge on any atom is 0.308 e. The molecule has 2 aliphatic heterocycles. The van der Waals surface area contributed by atoms with Gasteiger partial charge in [0.05, 0.1) is 19.0 Å². The van der Waals surface area contributed by atoms with Crippen LogP contribution in [-0.4, -0.2) is 65.6 Å². The number of fused-ring (bicyclic) bond motifs is 2. The summed E-state index contributed by atoms with van der Waals surface area (Å²) >= 11 is 0. The van der Waals surface area contributed by atoms with Gasteiger partial charge in [-0.2, -0.15) is 0 Å². The zero-order valence-corrected chi connectivity index (χ0v) is 15.8. The molecule has 142 valence electrons. The molecule has 3 unspecified atom stereocenters. The van der Waals surface area contributed by atoms with Gasteiger partial charge in [-0.1, -0.05) is 6.07 Å². The van der Waals surface area contributed by atoms with Crippen molar-refractivity contribution in [2.75, 3.05) is 26.7 Å². The molecule has 6 heteroatoms. The number of aryl methyl sites for hydroxylation is 2. The first-order chi connectivity index (χ1) is 12.3. The van der Waals surface area contributed by atoms with Crippen LogP contribution in [0.15, 0.2) is 18.2 Å². The zero-order chi connectivity index (χ0) is 18.8. The van der Waals surface area contributed by atoms with E-state index in [4.69, 9.17) is 4.74 Å². The molecule has 26 heavy (non-hydrogen) atoms. The molecule has 0 spiro atoms. The fourth-order valence-corrected chi connectivity index (χ4v) is 4.33. The van der Waals surface area contributed by atoms with Gasteiger partial charge in [-0.05, 0) is 56.4 Å². The predicted octanol–water partition coefficient (Wildman–Crippen LogP) is 2.08. The number of benzene rings is 1. The third-order valence-corrected chi connectivity index (χ3v) is 5.63. The van der Waals surface area contributed by atoms with Gasteiger partial charge in [0, 0.05) is 19.1 Å². The van der Waals surface area contributed by atoms with E-state index in [0.717, 1.165) is 29.7 Å². The molecular weight excluding hydrogens is 332 g/mol. The molecule has 3 atom stereocenters. The van der Waals surface area contributed by atoms with E-state index in [9.17, 15) is 14.7 Å². The predicted molar refractivity (Wildman–Crippen MR) is 98.3 cm³/mol. The summed E-state index contributed by atoms with van der Waals surface area (Å²) in [6, 6.07) is 6.33. The third-order valence-electron chi connectivity index (χ3n) is 5.63. The summed E-state index contributed by atoms with van der Waals surface area (Å²) in [4.78, 5) is 27.6. The molecule has 3 rings (SSSR count). The molecule has 0 radical (unpaired) electrons. The van der Waals surface area contributed by atoms with Crippen molar-refractivity contribution < 1.29 is 19.4 Å². The molecule has 2 fully saturated rings. The van der Waals surface area contributed by atoms with Crippen LogP contribution in [0, 0.1) is 19.8 Å². The van der Waals surface area contributed by atoms with Gasteiger partial charge in [0.1, 0.15) is 12.4 Å². The second kappa shape index (κ2) is 7.66. The fraction of sp³-hybridized carbons (Fsp3) is 0.600. The summed E-state index contributed by atoms with van der Waals surface area (Å²) in [6.45, 7) is 5.32. The molecule has 1 aromatic rings. The summed E-state index contributed by atoms with van der Waals surface area (Å²) in [5, 5.41) is 9.32. The first-order valence-electron chi connectivity index (χ1n) is 9.28. The highest BCUT2D eigenvalue weighted by molar-refractivity contribution is 5.78. The average molecular weight is 360 g/mol. The van der Waals surface area contributed by atoms with Gasteiger partial charge in [-0.3, -0.25) is 14.5 Å². The SMILES string of the molecule is Cc1cc(C)cc(OCCN(C)C(=O)CN2C3CCC2C(C(=O)O)C3)c1. The van der Waals surface area contributed by atoms with Crippen LogP contribution >= 0.6 is 0 Å². The van der Waals surface area contributed by atoms with Crippen LogP contribution in [0.1, 0.15) is 30.4 Å². The van der Waals surface area contributed by atoms with Gasteiger partial charge in [-0.25, -0.2) is 0 Å². The van der Waals surface area contributed by atoms with Gasteiger partial charge in [0.15, 0.2) is 0 Å². The Kier molecular flexibility index (Phi) is 5.51. The van der Waals surface area contributed by atoms with Crippen molar-refractivity contribution in [3.05, 3.63) is 29.3 Å². The molecule has 1 aromatic carbocycles. The lowest BCUT2D eigenvalue weighted by atomic mass is 9.89. The Morgan fingerprint density at radius 2 is 1.92 bits per heavy atom. The second-order valence-corrected chi connectivity index (χ2v) is 7.64. The molecule has 2 saturated heterocycles.